The highest BCUT2D eigenvalue weighted by Gasteiger charge is 2.20. The van der Waals surface area contributed by atoms with Gasteiger partial charge in [0, 0.05) is 57.4 Å². The molecule has 0 saturated carbocycles. The number of rotatable bonds is 15. The van der Waals surface area contributed by atoms with Gasteiger partial charge in [0.15, 0.2) is 0 Å². The number of carbonyl (C=O) groups is 1. The number of aromatic nitrogens is 1. The third-order valence-electron chi connectivity index (χ3n) is 8.29. The number of piperazine rings is 1. The topological polar surface area (TPSA) is 59.0 Å². The summed E-state index contributed by atoms with van der Waals surface area (Å²) in [5, 5.41) is 4.09. The second-order valence-corrected chi connectivity index (χ2v) is 12.0. The number of hydrogen-bond donors (Lipinski definition) is 1. The van der Waals surface area contributed by atoms with Crippen LogP contribution >= 0.6 is 0 Å². The van der Waals surface area contributed by atoms with E-state index in [9.17, 15) is 4.79 Å². The molecule has 1 amide bonds. The third-order valence-corrected chi connectivity index (χ3v) is 8.29. The number of hydrogen-bond acceptors (Lipinski definition) is 5. The van der Waals surface area contributed by atoms with Crippen LogP contribution in [0.5, 0.6) is 11.5 Å². The first kappa shape index (κ1) is 31.6. The molecule has 0 radical (unpaired) electrons. The van der Waals surface area contributed by atoms with Gasteiger partial charge in [0.25, 0.3) is 5.91 Å². The van der Waals surface area contributed by atoms with Gasteiger partial charge in [-0.15, -0.1) is 0 Å². The lowest BCUT2D eigenvalue weighted by molar-refractivity contribution is 0.0952. The first-order valence-corrected chi connectivity index (χ1v) is 16.3. The van der Waals surface area contributed by atoms with Crippen molar-refractivity contribution in [2.45, 2.75) is 59.2 Å². The van der Waals surface area contributed by atoms with Gasteiger partial charge >= 0.3 is 0 Å². The largest absolute Gasteiger partial charge is 0.494 e. The lowest BCUT2D eigenvalue weighted by Gasteiger charge is -2.34. The zero-order valence-corrected chi connectivity index (χ0v) is 26.6. The molecule has 7 heteroatoms. The van der Waals surface area contributed by atoms with Crippen molar-refractivity contribution in [3.05, 3.63) is 95.7 Å². The molecule has 2 heterocycles. The molecule has 1 aliphatic rings. The predicted octanol–water partition coefficient (Wildman–Crippen LogP) is 6.40. The molecule has 1 aliphatic heterocycles. The van der Waals surface area contributed by atoms with Crippen molar-refractivity contribution in [3.8, 4) is 11.5 Å². The van der Waals surface area contributed by atoms with Crippen LogP contribution in [0.2, 0.25) is 0 Å². The molecule has 1 N–H and O–H groups in total. The fourth-order valence-electron chi connectivity index (χ4n) is 5.97. The molecule has 1 fully saturated rings. The highest BCUT2D eigenvalue weighted by Crippen LogP contribution is 2.31. The van der Waals surface area contributed by atoms with Gasteiger partial charge < -0.3 is 29.2 Å². The Labute approximate surface area is 262 Å². The predicted molar refractivity (Wildman–Crippen MR) is 179 cm³/mol. The number of nitrogens with zero attached hydrogens (tertiary/aromatic N) is 3. The van der Waals surface area contributed by atoms with Crippen LogP contribution in [0.15, 0.2) is 79.0 Å². The first-order chi connectivity index (χ1) is 21.5. The van der Waals surface area contributed by atoms with Crippen LogP contribution in [0, 0.1) is 0 Å². The summed E-state index contributed by atoms with van der Waals surface area (Å²) in [6.45, 7) is 14.8. The van der Waals surface area contributed by atoms with Gasteiger partial charge in [0.1, 0.15) is 11.5 Å². The molecular formula is C37H48N4O3. The van der Waals surface area contributed by atoms with Gasteiger partial charge in [-0.1, -0.05) is 61.5 Å². The molecule has 0 atom stereocenters. The molecule has 0 spiro atoms. The van der Waals surface area contributed by atoms with Crippen molar-refractivity contribution in [2.75, 3.05) is 45.9 Å². The third kappa shape index (κ3) is 8.64. The van der Waals surface area contributed by atoms with E-state index in [1.54, 1.807) is 0 Å². The van der Waals surface area contributed by atoms with Gasteiger partial charge in [0.05, 0.1) is 23.8 Å². The maximum atomic E-state index is 13.5. The Balaban J connectivity index is 1.15. The summed E-state index contributed by atoms with van der Waals surface area (Å²) in [5.74, 6) is 1.72. The number of aryl methyl sites for hydroxylation is 2. The molecule has 1 saturated heterocycles. The summed E-state index contributed by atoms with van der Waals surface area (Å²) in [6, 6.07) is 24.5. The normalized spacial score (nSPS) is 14.3. The van der Waals surface area contributed by atoms with Crippen molar-refractivity contribution < 1.29 is 14.3 Å². The van der Waals surface area contributed by atoms with Crippen molar-refractivity contribution in [2.24, 2.45) is 0 Å². The van der Waals surface area contributed by atoms with E-state index in [0.29, 0.717) is 12.1 Å². The molecule has 7 nitrogen and oxygen atoms in total. The van der Waals surface area contributed by atoms with Crippen molar-refractivity contribution in [3.63, 3.8) is 0 Å². The average Bonchev–Trinajstić information content (AvgIpc) is 3.42. The number of fused-ring (bicyclic) bond motifs is 1. The molecule has 0 bridgehead atoms. The zero-order chi connectivity index (χ0) is 30.7. The maximum Gasteiger partial charge on any atom is 0.253 e. The minimum absolute atomic E-state index is 0.0493. The Bertz CT molecular complexity index is 1470. The lowest BCUT2D eigenvalue weighted by Crippen LogP contribution is -2.47. The summed E-state index contributed by atoms with van der Waals surface area (Å²) in [4.78, 5) is 18.6. The van der Waals surface area contributed by atoms with Crippen LogP contribution in [0.4, 0.5) is 0 Å². The van der Waals surface area contributed by atoms with E-state index >= 15 is 0 Å². The van der Waals surface area contributed by atoms with Crippen LogP contribution in [0.25, 0.3) is 10.9 Å². The highest BCUT2D eigenvalue weighted by molar-refractivity contribution is 6.08. The summed E-state index contributed by atoms with van der Waals surface area (Å²) >= 11 is 0. The van der Waals surface area contributed by atoms with Crippen LogP contribution in [0.1, 0.15) is 55.1 Å². The first-order valence-electron chi connectivity index (χ1n) is 16.3. The van der Waals surface area contributed by atoms with Crippen LogP contribution in [0.3, 0.4) is 0 Å². The van der Waals surface area contributed by atoms with Crippen molar-refractivity contribution >= 4 is 16.8 Å². The average molecular weight is 597 g/mol. The molecule has 0 unspecified atom stereocenters. The van der Waals surface area contributed by atoms with Gasteiger partial charge in [-0.05, 0) is 69.0 Å². The number of amides is 1. The Hall–Kier alpha value is -3.81. The van der Waals surface area contributed by atoms with Crippen LogP contribution in [-0.2, 0) is 19.5 Å². The summed E-state index contributed by atoms with van der Waals surface area (Å²) < 4.78 is 14.3. The van der Waals surface area contributed by atoms with E-state index in [2.05, 4.69) is 50.9 Å². The molecule has 5 rings (SSSR count). The molecule has 1 aromatic heterocycles. The van der Waals surface area contributed by atoms with Crippen LogP contribution in [-0.4, -0.2) is 72.3 Å². The molecule has 234 valence electrons. The fourth-order valence-corrected chi connectivity index (χ4v) is 5.97. The van der Waals surface area contributed by atoms with Crippen molar-refractivity contribution in [1.82, 2.24) is 19.7 Å². The van der Waals surface area contributed by atoms with E-state index in [4.69, 9.17) is 9.47 Å². The number of para-hydroxylation sites is 2. The van der Waals surface area contributed by atoms with Gasteiger partial charge in [-0.2, -0.15) is 0 Å². The van der Waals surface area contributed by atoms with E-state index in [0.717, 1.165) is 99.6 Å². The minimum atomic E-state index is -0.0531. The number of nitrogens with one attached hydrogen (secondary N) is 1. The van der Waals surface area contributed by atoms with Crippen molar-refractivity contribution in [1.29, 1.82) is 0 Å². The number of ether oxygens (including phenoxy) is 2. The summed E-state index contributed by atoms with van der Waals surface area (Å²) in [5.41, 5.74) is 4.09. The Morgan fingerprint density at radius 3 is 2.27 bits per heavy atom. The highest BCUT2D eigenvalue weighted by atomic mass is 16.5. The summed E-state index contributed by atoms with van der Waals surface area (Å²) in [7, 11) is 0. The zero-order valence-electron chi connectivity index (χ0n) is 26.6. The molecular weight excluding hydrogens is 548 g/mol. The molecule has 0 aliphatic carbocycles. The smallest absolute Gasteiger partial charge is 0.253 e. The lowest BCUT2D eigenvalue weighted by atomic mass is 10.1. The van der Waals surface area contributed by atoms with Gasteiger partial charge in [-0.25, -0.2) is 0 Å². The van der Waals surface area contributed by atoms with E-state index in [-0.39, 0.29) is 12.0 Å². The number of benzene rings is 3. The standard InChI is InChI=1S/C37H48N4O3/c1-4-30-12-8-13-31(26-30)27-38-37(42)34-28-41(36-33(34)16-9-17-35(36)44-29(2)3)20-10-18-39-21-23-40(24-22-39)19-11-25-43-32-14-6-5-7-15-32/h5-9,12-17,26,28-29H,4,10-11,18-25,27H2,1-3H3,(H,38,42). The monoisotopic (exact) mass is 596 g/mol. The van der Waals surface area contributed by atoms with Gasteiger partial charge in [-0.3, -0.25) is 4.79 Å². The van der Waals surface area contributed by atoms with Crippen LogP contribution < -0.4 is 14.8 Å². The second-order valence-electron chi connectivity index (χ2n) is 12.0. The molecule has 4 aromatic rings. The summed E-state index contributed by atoms with van der Waals surface area (Å²) in [6.07, 6.45) is 5.10. The minimum Gasteiger partial charge on any atom is -0.494 e. The van der Waals surface area contributed by atoms with E-state index < -0.39 is 0 Å². The second kappa shape index (κ2) is 15.8. The molecule has 3 aromatic carbocycles. The van der Waals surface area contributed by atoms with E-state index in [1.807, 2.05) is 68.6 Å². The molecule has 44 heavy (non-hydrogen) atoms. The fraction of sp³-hybridized carbons (Fsp3) is 0.432. The quantitative estimate of drug-likeness (QED) is 0.161. The maximum absolute atomic E-state index is 13.5. The SMILES string of the molecule is CCc1cccc(CNC(=O)c2cn(CCCN3CCN(CCCOc4ccccc4)CC3)c3c(OC(C)C)cccc23)c1. The van der Waals surface area contributed by atoms with E-state index in [1.165, 1.54) is 5.56 Å². The Kier molecular flexibility index (Phi) is 11.3. The van der Waals surface area contributed by atoms with Gasteiger partial charge in [0.2, 0.25) is 0 Å². The number of carbonyl (C=O) groups excluding carboxylic acids is 1. The Morgan fingerprint density at radius 1 is 0.841 bits per heavy atom. The Morgan fingerprint density at radius 2 is 1.55 bits per heavy atom.